The maximum atomic E-state index is 12.0. The van der Waals surface area contributed by atoms with E-state index in [1.54, 1.807) is 30.3 Å². The van der Waals surface area contributed by atoms with Crippen LogP contribution in [0.3, 0.4) is 0 Å². The minimum Gasteiger partial charge on any atom is -0.479 e. The number of amides is 1. The van der Waals surface area contributed by atoms with E-state index in [1.165, 1.54) is 0 Å². The lowest BCUT2D eigenvalue weighted by molar-refractivity contribution is -0.142. The first-order valence-corrected chi connectivity index (χ1v) is 8.03. The van der Waals surface area contributed by atoms with Crippen molar-refractivity contribution in [1.29, 1.82) is 0 Å². The van der Waals surface area contributed by atoms with Crippen molar-refractivity contribution in [3.8, 4) is 0 Å². The molecule has 2 N–H and O–H groups in total. The molecule has 126 valence electrons. The third kappa shape index (κ3) is 4.18. The van der Waals surface area contributed by atoms with Gasteiger partial charge in [0.15, 0.2) is 11.9 Å². The van der Waals surface area contributed by atoms with Crippen molar-refractivity contribution in [2.24, 2.45) is 0 Å². The zero-order valence-electron chi connectivity index (χ0n) is 13.1. The van der Waals surface area contributed by atoms with Crippen molar-refractivity contribution in [1.82, 2.24) is 15.5 Å². The van der Waals surface area contributed by atoms with Crippen LogP contribution >= 0.6 is 0 Å². The fourth-order valence-corrected chi connectivity index (χ4v) is 2.44. The summed E-state index contributed by atoms with van der Waals surface area (Å²) in [6.07, 6.45) is 3.46. The van der Waals surface area contributed by atoms with E-state index in [-0.39, 0.29) is 12.3 Å². The predicted octanol–water partition coefficient (Wildman–Crippen LogP) is 2.21. The lowest BCUT2D eigenvalue weighted by Gasteiger charge is -2.14. The normalized spacial score (nSPS) is 15.0. The zero-order valence-corrected chi connectivity index (χ0v) is 13.1. The maximum absolute atomic E-state index is 12.0. The average Bonchev–Trinajstić information content (AvgIpc) is 3.32. The van der Waals surface area contributed by atoms with Crippen LogP contribution in [0.1, 0.15) is 54.9 Å². The van der Waals surface area contributed by atoms with Crippen LogP contribution in [0.5, 0.6) is 0 Å². The molecule has 1 amide bonds. The molecule has 1 atom stereocenters. The number of nitrogens with zero attached hydrogens (tertiary/aromatic N) is 2. The number of hydrogen-bond acceptors (Lipinski definition) is 5. The molecule has 0 saturated heterocycles. The molecule has 0 spiro atoms. The molecule has 0 aliphatic heterocycles. The summed E-state index contributed by atoms with van der Waals surface area (Å²) in [4.78, 5) is 27.7. The number of hydrogen-bond donors (Lipinski definition) is 2. The van der Waals surface area contributed by atoms with Crippen LogP contribution in [0.25, 0.3) is 0 Å². The van der Waals surface area contributed by atoms with Crippen LogP contribution in [0, 0.1) is 0 Å². The van der Waals surface area contributed by atoms with Gasteiger partial charge in [0.25, 0.3) is 0 Å². The number of carbonyl (C=O) groups is 2. The van der Waals surface area contributed by atoms with Crippen LogP contribution in [-0.4, -0.2) is 27.1 Å². The molecule has 1 aliphatic rings. The van der Waals surface area contributed by atoms with E-state index < -0.39 is 12.0 Å². The molecule has 24 heavy (non-hydrogen) atoms. The highest BCUT2D eigenvalue weighted by atomic mass is 16.5. The number of aliphatic carboxylic acids is 1. The van der Waals surface area contributed by atoms with Gasteiger partial charge in [-0.25, -0.2) is 4.79 Å². The van der Waals surface area contributed by atoms with Crippen molar-refractivity contribution in [3.05, 3.63) is 47.6 Å². The predicted molar refractivity (Wildman–Crippen MR) is 84.2 cm³/mol. The Bertz CT molecular complexity index is 710. The van der Waals surface area contributed by atoms with Crippen LogP contribution in [0.4, 0.5) is 0 Å². The fraction of sp³-hybridized carbons (Fsp3) is 0.412. The van der Waals surface area contributed by atoms with Gasteiger partial charge in [0.1, 0.15) is 0 Å². The number of aromatic nitrogens is 2. The van der Waals surface area contributed by atoms with Gasteiger partial charge in [0, 0.05) is 18.8 Å². The lowest BCUT2D eigenvalue weighted by atomic mass is 10.1. The van der Waals surface area contributed by atoms with E-state index in [0.29, 0.717) is 30.2 Å². The summed E-state index contributed by atoms with van der Waals surface area (Å²) in [7, 11) is 0. The van der Waals surface area contributed by atoms with E-state index in [1.807, 2.05) is 0 Å². The number of aryl methyl sites for hydroxylation is 1. The minimum absolute atomic E-state index is 0.206. The average molecular weight is 329 g/mol. The van der Waals surface area contributed by atoms with Crippen molar-refractivity contribution in [3.63, 3.8) is 0 Å². The summed E-state index contributed by atoms with van der Waals surface area (Å²) < 4.78 is 5.15. The molecule has 7 nitrogen and oxygen atoms in total. The zero-order chi connectivity index (χ0) is 16.9. The van der Waals surface area contributed by atoms with Gasteiger partial charge in [0.05, 0.1) is 0 Å². The molecule has 0 radical (unpaired) electrons. The number of benzene rings is 1. The van der Waals surface area contributed by atoms with Crippen molar-refractivity contribution in [2.75, 3.05) is 0 Å². The van der Waals surface area contributed by atoms with Gasteiger partial charge in [-0.3, -0.25) is 4.79 Å². The van der Waals surface area contributed by atoms with E-state index in [2.05, 4.69) is 15.5 Å². The molecular formula is C17H19N3O4. The number of rotatable bonds is 8. The van der Waals surface area contributed by atoms with Gasteiger partial charge in [0.2, 0.25) is 11.8 Å². The van der Waals surface area contributed by atoms with Gasteiger partial charge in [-0.15, -0.1) is 0 Å². The highest BCUT2D eigenvalue weighted by Gasteiger charge is 2.28. The molecular weight excluding hydrogens is 310 g/mol. The van der Waals surface area contributed by atoms with Crippen molar-refractivity contribution >= 4 is 11.9 Å². The van der Waals surface area contributed by atoms with Crippen LogP contribution in [0.15, 0.2) is 34.9 Å². The monoisotopic (exact) mass is 329 g/mol. The SMILES string of the molecule is O=C(CCCc1nc(C2CC2)no1)N[C@@H](C(=O)O)c1ccccc1. The van der Waals surface area contributed by atoms with E-state index in [4.69, 9.17) is 4.52 Å². The van der Waals surface area contributed by atoms with Gasteiger partial charge >= 0.3 is 5.97 Å². The number of carbonyl (C=O) groups excluding carboxylic acids is 1. The Morgan fingerprint density at radius 2 is 2.04 bits per heavy atom. The summed E-state index contributed by atoms with van der Waals surface area (Å²) in [5.41, 5.74) is 0.546. The second-order valence-electron chi connectivity index (χ2n) is 5.92. The van der Waals surface area contributed by atoms with Gasteiger partial charge in [-0.1, -0.05) is 35.5 Å². The summed E-state index contributed by atoms with van der Waals surface area (Å²) in [6, 6.07) is 7.59. The molecule has 0 bridgehead atoms. The fourth-order valence-electron chi connectivity index (χ4n) is 2.44. The molecule has 1 fully saturated rings. The summed E-state index contributed by atoms with van der Waals surface area (Å²) >= 11 is 0. The summed E-state index contributed by atoms with van der Waals surface area (Å²) in [5, 5.41) is 15.8. The molecule has 1 heterocycles. The van der Waals surface area contributed by atoms with Crippen molar-refractivity contribution < 1.29 is 19.2 Å². The van der Waals surface area contributed by atoms with Crippen LogP contribution < -0.4 is 5.32 Å². The van der Waals surface area contributed by atoms with Crippen LogP contribution in [-0.2, 0) is 16.0 Å². The first-order valence-electron chi connectivity index (χ1n) is 8.03. The molecule has 0 unspecified atom stereocenters. The second-order valence-corrected chi connectivity index (χ2v) is 5.92. The molecule has 3 rings (SSSR count). The van der Waals surface area contributed by atoms with Crippen molar-refractivity contribution in [2.45, 2.75) is 44.1 Å². The smallest absolute Gasteiger partial charge is 0.330 e. The largest absolute Gasteiger partial charge is 0.479 e. The highest BCUT2D eigenvalue weighted by Crippen LogP contribution is 2.38. The van der Waals surface area contributed by atoms with E-state index in [9.17, 15) is 14.7 Å². The molecule has 2 aromatic rings. The Hall–Kier alpha value is -2.70. The first kappa shape index (κ1) is 16.2. The molecule has 1 aliphatic carbocycles. The standard InChI is InChI=1S/C17H19N3O4/c21-13(18-15(17(22)23)11-5-2-1-3-6-11)7-4-8-14-19-16(20-24-14)12-9-10-12/h1-3,5-6,12,15H,4,7-10H2,(H,18,21)(H,22,23)/t15-/m1/s1. The minimum atomic E-state index is -1.08. The maximum Gasteiger partial charge on any atom is 0.330 e. The van der Waals surface area contributed by atoms with E-state index >= 15 is 0 Å². The third-order valence-corrected chi connectivity index (χ3v) is 3.91. The van der Waals surface area contributed by atoms with Gasteiger partial charge in [-0.2, -0.15) is 4.98 Å². The molecule has 1 saturated carbocycles. The Kier molecular flexibility index (Phi) is 4.88. The molecule has 1 aromatic carbocycles. The quantitative estimate of drug-likeness (QED) is 0.769. The number of carboxylic acids is 1. The molecule has 7 heteroatoms. The Labute approximate surface area is 139 Å². The lowest BCUT2D eigenvalue weighted by Crippen LogP contribution is -2.33. The summed E-state index contributed by atoms with van der Waals surface area (Å²) in [6.45, 7) is 0. The number of nitrogens with one attached hydrogen (secondary N) is 1. The Balaban J connectivity index is 1.47. The first-order chi connectivity index (χ1) is 11.6. The number of carboxylic acid groups (broad SMARTS) is 1. The third-order valence-electron chi connectivity index (χ3n) is 3.91. The van der Waals surface area contributed by atoms with Gasteiger partial charge < -0.3 is 14.9 Å². The molecule has 1 aromatic heterocycles. The highest BCUT2D eigenvalue weighted by molar-refractivity contribution is 5.84. The van der Waals surface area contributed by atoms with E-state index in [0.717, 1.165) is 18.7 Å². The summed E-state index contributed by atoms with van der Waals surface area (Å²) in [5.74, 6) is 0.328. The Morgan fingerprint density at radius 3 is 2.71 bits per heavy atom. The van der Waals surface area contributed by atoms with Gasteiger partial charge in [-0.05, 0) is 24.8 Å². The van der Waals surface area contributed by atoms with Crippen LogP contribution in [0.2, 0.25) is 0 Å². The topological polar surface area (TPSA) is 105 Å². The Morgan fingerprint density at radius 1 is 1.29 bits per heavy atom. The second kappa shape index (κ2) is 7.25.